The SMILES string of the molecule is Cc1ccc(C2(C)CCC2=O)c(OCOCC[Si](C)(C)C)c1. The average Bonchev–Trinajstić information content (AvgIpc) is 2.43. The van der Waals surface area contributed by atoms with Crippen molar-refractivity contribution in [3.8, 4) is 5.75 Å². The van der Waals surface area contributed by atoms with Crippen molar-refractivity contribution < 1.29 is 14.3 Å². The Morgan fingerprint density at radius 1 is 1.27 bits per heavy atom. The van der Waals surface area contributed by atoms with Crippen LogP contribution in [-0.2, 0) is 14.9 Å². The maximum absolute atomic E-state index is 12.0. The molecule has 22 heavy (non-hydrogen) atoms. The third kappa shape index (κ3) is 3.99. The van der Waals surface area contributed by atoms with Crippen LogP contribution in [0.5, 0.6) is 5.75 Å². The fraction of sp³-hybridized carbons (Fsp3) is 0.611. The highest BCUT2D eigenvalue weighted by atomic mass is 28.3. The number of carbonyl (C=O) groups excluding carboxylic acids is 1. The van der Waals surface area contributed by atoms with Crippen LogP contribution in [0.25, 0.3) is 0 Å². The van der Waals surface area contributed by atoms with E-state index >= 15 is 0 Å². The summed E-state index contributed by atoms with van der Waals surface area (Å²) in [6.07, 6.45) is 1.58. The van der Waals surface area contributed by atoms with Crippen molar-refractivity contribution in [3.05, 3.63) is 29.3 Å². The van der Waals surface area contributed by atoms with Gasteiger partial charge < -0.3 is 9.47 Å². The van der Waals surface area contributed by atoms with Gasteiger partial charge in [-0.3, -0.25) is 4.79 Å². The molecule has 122 valence electrons. The number of carbonyl (C=O) groups is 1. The van der Waals surface area contributed by atoms with Gasteiger partial charge in [-0.05, 0) is 37.9 Å². The van der Waals surface area contributed by atoms with Gasteiger partial charge in [0.25, 0.3) is 0 Å². The van der Waals surface area contributed by atoms with Gasteiger partial charge in [-0.25, -0.2) is 0 Å². The maximum Gasteiger partial charge on any atom is 0.189 e. The molecule has 1 aromatic rings. The lowest BCUT2D eigenvalue weighted by Crippen LogP contribution is -2.42. The number of hydrogen-bond donors (Lipinski definition) is 0. The minimum Gasteiger partial charge on any atom is -0.467 e. The van der Waals surface area contributed by atoms with Crippen molar-refractivity contribution in [2.24, 2.45) is 0 Å². The summed E-state index contributed by atoms with van der Waals surface area (Å²) in [5, 5.41) is 0. The molecule has 1 aliphatic rings. The van der Waals surface area contributed by atoms with Crippen LogP contribution in [0.3, 0.4) is 0 Å². The summed E-state index contributed by atoms with van der Waals surface area (Å²) in [5.74, 6) is 1.10. The lowest BCUT2D eigenvalue weighted by molar-refractivity contribution is -0.131. The fourth-order valence-corrected chi connectivity index (χ4v) is 3.39. The number of ketones is 1. The Morgan fingerprint density at radius 2 is 2.00 bits per heavy atom. The Kier molecular flexibility index (Phi) is 5.13. The van der Waals surface area contributed by atoms with Crippen LogP contribution >= 0.6 is 0 Å². The fourth-order valence-electron chi connectivity index (χ4n) is 2.63. The molecule has 4 heteroatoms. The van der Waals surface area contributed by atoms with Gasteiger partial charge in [0.05, 0.1) is 5.41 Å². The highest BCUT2D eigenvalue weighted by Gasteiger charge is 2.44. The monoisotopic (exact) mass is 320 g/mol. The van der Waals surface area contributed by atoms with E-state index in [4.69, 9.17) is 9.47 Å². The molecule has 0 amide bonds. The minimum atomic E-state index is -1.07. The Balaban J connectivity index is 1.98. The van der Waals surface area contributed by atoms with E-state index in [0.717, 1.165) is 35.9 Å². The molecule has 0 heterocycles. The zero-order valence-electron chi connectivity index (χ0n) is 14.5. The van der Waals surface area contributed by atoms with Crippen LogP contribution in [0.4, 0.5) is 0 Å². The van der Waals surface area contributed by atoms with E-state index in [2.05, 4.69) is 19.6 Å². The van der Waals surface area contributed by atoms with Crippen molar-refractivity contribution >= 4 is 13.9 Å². The highest BCUT2D eigenvalue weighted by Crippen LogP contribution is 2.44. The third-order valence-corrected chi connectivity index (χ3v) is 6.20. The molecule has 1 aromatic carbocycles. The van der Waals surface area contributed by atoms with E-state index in [9.17, 15) is 4.79 Å². The van der Waals surface area contributed by atoms with Crippen molar-refractivity contribution in [1.29, 1.82) is 0 Å². The smallest absolute Gasteiger partial charge is 0.189 e. The van der Waals surface area contributed by atoms with Gasteiger partial charge in [0.1, 0.15) is 11.5 Å². The van der Waals surface area contributed by atoms with Crippen LogP contribution in [0, 0.1) is 6.92 Å². The van der Waals surface area contributed by atoms with E-state index in [1.165, 1.54) is 0 Å². The highest BCUT2D eigenvalue weighted by molar-refractivity contribution is 6.76. The average molecular weight is 321 g/mol. The number of Topliss-reactive ketones (excluding diaryl/α,β-unsaturated/α-hetero) is 1. The van der Waals surface area contributed by atoms with Crippen molar-refractivity contribution in [3.63, 3.8) is 0 Å². The standard InChI is InChI=1S/C18H28O3Si/c1-14-6-7-15(18(2)9-8-17(18)19)16(12-14)21-13-20-10-11-22(3,4)5/h6-7,12H,8-11,13H2,1-5H3. The summed E-state index contributed by atoms with van der Waals surface area (Å²) in [6, 6.07) is 7.22. The molecule has 0 radical (unpaired) electrons. The molecular weight excluding hydrogens is 292 g/mol. The summed E-state index contributed by atoms with van der Waals surface area (Å²) in [6.45, 7) is 12.0. The molecule has 1 fully saturated rings. The number of benzene rings is 1. The van der Waals surface area contributed by atoms with Crippen molar-refractivity contribution in [1.82, 2.24) is 0 Å². The van der Waals surface area contributed by atoms with Gasteiger partial charge in [0.2, 0.25) is 0 Å². The van der Waals surface area contributed by atoms with Crippen LogP contribution in [0.1, 0.15) is 30.9 Å². The molecule has 0 bridgehead atoms. The first-order valence-corrected chi connectivity index (χ1v) is 11.8. The predicted molar refractivity (Wildman–Crippen MR) is 92.4 cm³/mol. The molecule has 2 rings (SSSR count). The van der Waals surface area contributed by atoms with Crippen molar-refractivity contribution in [2.45, 2.75) is 57.8 Å². The lowest BCUT2D eigenvalue weighted by atomic mass is 9.64. The zero-order chi connectivity index (χ0) is 16.4. The number of ether oxygens (including phenoxy) is 2. The normalized spacial score (nSPS) is 21.6. The summed E-state index contributed by atoms with van der Waals surface area (Å²) < 4.78 is 11.5. The molecule has 1 saturated carbocycles. The molecule has 0 aliphatic heterocycles. The van der Waals surface area contributed by atoms with E-state index in [0.29, 0.717) is 12.2 Å². The van der Waals surface area contributed by atoms with Gasteiger partial charge >= 0.3 is 0 Å². The van der Waals surface area contributed by atoms with Crippen LogP contribution in [0.15, 0.2) is 18.2 Å². The predicted octanol–water partition coefficient (Wildman–Crippen LogP) is 4.31. The van der Waals surface area contributed by atoms with Gasteiger partial charge in [0, 0.05) is 26.7 Å². The summed E-state index contributed by atoms with van der Waals surface area (Å²) in [4.78, 5) is 12.0. The largest absolute Gasteiger partial charge is 0.467 e. The van der Waals surface area contributed by atoms with Crippen LogP contribution < -0.4 is 4.74 Å². The van der Waals surface area contributed by atoms with E-state index < -0.39 is 8.07 Å². The van der Waals surface area contributed by atoms with E-state index in [1.807, 2.05) is 32.0 Å². The first-order valence-electron chi connectivity index (χ1n) is 8.07. The molecule has 0 aromatic heterocycles. The first-order chi connectivity index (χ1) is 10.2. The summed E-state index contributed by atoms with van der Waals surface area (Å²) in [5.41, 5.74) is 1.76. The Hall–Kier alpha value is -1.13. The molecular formula is C18H28O3Si. The second-order valence-electron chi connectivity index (χ2n) is 7.74. The molecule has 0 saturated heterocycles. The topological polar surface area (TPSA) is 35.5 Å². The Bertz CT molecular complexity index is 548. The van der Waals surface area contributed by atoms with Gasteiger partial charge in [-0.1, -0.05) is 31.8 Å². The summed E-state index contributed by atoms with van der Waals surface area (Å²) >= 11 is 0. The molecule has 1 aliphatic carbocycles. The molecule has 0 N–H and O–H groups in total. The number of hydrogen-bond acceptors (Lipinski definition) is 3. The van der Waals surface area contributed by atoms with Gasteiger partial charge in [-0.15, -0.1) is 0 Å². The third-order valence-electron chi connectivity index (χ3n) is 4.49. The van der Waals surface area contributed by atoms with E-state index in [-0.39, 0.29) is 12.2 Å². The molecule has 3 nitrogen and oxygen atoms in total. The van der Waals surface area contributed by atoms with Gasteiger partial charge in [0.15, 0.2) is 6.79 Å². The molecule has 1 unspecified atom stereocenters. The first kappa shape index (κ1) is 17.2. The Labute approximate surface area is 135 Å². The second kappa shape index (κ2) is 6.55. The molecule has 1 atom stereocenters. The van der Waals surface area contributed by atoms with Crippen LogP contribution in [-0.4, -0.2) is 27.3 Å². The number of rotatable bonds is 7. The zero-order valence-corrected chi connectivity index (χ0v) is 15.5. The summed E-state index contributed by atoms with van der Waals surface area (Å²) in [7, 11) is -1.07. The maximum atomic E-state index is 12.0. The quantitative estimate of drug-likeness (QED) is 0.427. The lowest BCUT2D eigenvalue weighted by Gasteiger charge is -2.37. The Morgan fingerprint density at radius 3 is 2.55 bits per heavy atom. The second-order valence-corrected chi connectivity index (χ2v) is 13.4. The van der Waals surface area contributed by atoms with Gasteiger partial charge in [-0.2, -0.15) is 0 Å². The van der Waals surface area contributed by atoms with E-state index in [1.54, 1.807) is 0 Å². The number of aryl methyl sites for hydroxylation is 1. The van der Waals surface area contributed by atoms with Crippen molar-refractivity contribution in [2.75, 3.05) is 13.4 Å². The molecule has 0 spiro atoms. The van der Waals surface area contributed by atoms with Crippen LogP contribution in [0.2, 0.25) is 25.7 Å². The minimum absolute atomic E-state index is 0.255.